The molecule has 2 amide bonds. The van der Waals surface area contributed by atoms with E-state index in [1.54, 1.807) is 12.1 Å². The van der Waals surface area contributed by atoms with Gasteiger partial charge in [0.25, 0.3) is 11.8 Å². The number of aliphatic hydroxyl groups is 1. The summed E-state index contributed by atoms with van der Waals surface area (Å²) in [5, 5.41) is 24.5. The third-order valence-electron chi connectivity index (χ3n) is 4.37. The van der Waals surface area contributed by atoms with Crippen molar-refractivity contribution in [1.82, 2.24) is 10.9 Å². The van der Waals surface area contributed by atoms with Crippen LogP contribution in [0.3, 0.4) is 0 Å². The largest absolute Gasteiger partial charge is 0.391 e. The Labute approximate surface area is 176 Å². The lowest BCUT2D eigenvalue weighted by Crippen LogP contribution is -2.52. The molecule has 2 atom stereocenters. The molecule has 4 N–H and O–H groups in total. The summed E-state index contributed by atoms with van der Waals surface area (Å²) in [5.41, 5.74) is 6.39. The lowest BCUT2D eigenvalue weighted by Gasteiger charge is -2.22. The zero-order valence-electron chi connectivity index (χ0n) is 15.8. The van der Waals surface area contributed by atoms with Gasteiger partial charge in [0.2, 0.25) is 5.69 Å². The van der Waals surface area contributed by atoms with Crippen LogP contribution < -0.4 is 16.2 Å². The van der Waals surface area contributed by atoms with E-state index in [0.29, 0.717) is 16.9 Å². The second-order valence-electron chi connectivity index (χ2n) is 6.40. The predicted octanol–water partition coefficient (Wildman–Crippen LogP) is 2.95. The summed E-state index contributed by atoms with van der Waals surface area (Å²) < 4.78 is 0.786. The van der Waals surface area contributed by atoms with E-state index in [9.17, 15) is 14.7 Å². The van der Waals surface area contributed by atoms with Crippen LogP contribution in [0.4, 0.5) is 11.4 Å². The first-order valence-corrected chi connectivity index (χ1v) is 9.75. The molecule has 9 heteroatoms. The van der Waals surface area contributed by atoms with E-state index in [1.807, 2.05) is 17.5 Å². The second kappa shape index (κ2) is 9.05. The van der Waals surface area contributed by atoms with Crippen LogP contribution in [0.15, 0.2) is 47.8 Å². The van der Waals surface area contributed by atoms with Crippen molar-refractivity contribution in [3.8, 4) is 6.07 Å². The highest BCUT2D eigenvalue weighted by Crippen LogP contribution is 2.36. The van der Waals surface area contributed by atoms with Gasteiger partial charge in [-0.1, -0.05) is 6.07 Å². The number of fused-ring (bicyclic) bond motifs is 1. The number of thiophene rings is 1. The van der Waals surface area contributed by atoms with Crippen LogP contribution in [-0.2, 0) is 4.79 Å². The minimum Gasteiger partial charge on any atom is -0.391 e. The SMILES string of the molecule is [C-]#[N+]c1ccc(N[C@@H](C(=O)NNC(=O)c2ccc(C#N)cc2)[C@H](C)O)c2ccsc12. The van der Waals surface area contributed by atoms with Crippen LogP contribution >= 0.6 is 11.3 Å². The third-order valence-corrected chi connectivity index (χ3v) is 5.30. The summed E-state index contributed by atoms with van der Waals surface area (Å²) in [6.45, 7) is 8.71. The number of aliphatic hydroxyl groups excluding tert-OH is 1. The van der Waals surface area contributed by atoms with Crippen LogP contribution in [0, 0.1) is 17.9 Å². The number of benzene rings is 2. The average molecular weight is 419 g/mol. The van der Waals surface area contributed by atoms with E-state index in [1.165, 1.54) is 42.5 Å². The number of hydrazine groups is 1. The Hall–Kier alpha value is -3.92. The molecular weight excluding hydrogens is 402 g/mol. The molecule has 0 spiro atoms. The van der Waals surface area contributed by atoms with E-state index in [-0.39, 0.29) is 5.56 Å². The monoisotopic (exact) mass is 419 g/mol. The molecule has 3 aromatic rings. The van der Waals surface area contributed by atoms with E-state index < -0.39 is 24.0 Å². The molecule has 0 aliphatic heterocycles. The van der Waals surface area contributed by atoms with Crippen LogP contribution in [0.25, 0.3) is 14.9 Å². The van der Waals surface area contributed by atoms with Crippen LogP contribution in [0.1, 0.15) is 22.8 Å². The van der Waals surface area contributed by atoms with Gasteiger partial charge in [-0.3, -0.25) is 20.4 Å². The van der Waals surface area contributed by atoms with Gasteiger partial charge in [0, 0.05) is 21.3 Å². The first kappa shape index (κ1) is 20.8. The molecule has 0 aliphatic carbocycles. The average Bonchev–Trinajstić information content (AvgIpc) is 3.25. The molecule has 1 aromatic heterocycles. The summed E-state index contributed by atoms with van der Waals surface area (Å²) >= 11 is 1.42. The van der Waals surface area contributed by atoms with E-state index in [0.717, 1.165) is 10.1 Å². The highest BCUT2D eigenvalue weighted by atomic mass is 32.1. The van der Waals surface area contributed by atoms with Gasteiger partial charge in [0.1, 0.15) is 6.04 Å². The normalized spacial score (nSPS) is 12.3. The molecule has 8 nitrogen and oxygen atoms in total. The number of nitrogens with zero attached hydrogens (tertiary/aromatic N) is 2. The fourth-order valence-corrected chi connectivity index (χ4v) is 3.68. The summed E-state index contributed by atoms with van der Waals surface area (Å²) in [5.74, 6) is -1.19. The van der Waals surface area contributed by atoms with Crippen LogP contribution in [0.5, 0.6) is 0 Å². The lowest BCUT2D eigenvalue weighted by molar-refractivity contribution is -0.124. The Morgan fingerprint density at radius 3 is 2.53 bits per heavy atom. The zero-order chi connectivity index (χ0) is 21.7. The van der Waals surface area contributed by atoms with Crippen LogP contribution in [-0.4, -0.2) is 29.1 Å². The third kappa shape index (κ3) is 4.39. The maximum absolute atomic E-state index is 12.6. The van der Waals surface area contributed by atoms with Crippen molar-refractivity contribution >= 4 is 44.6 Å². The van der Waals surface area contributed by atoms with Gasteiger partial charge < -0.3 is 10.4 Å². The number of amides is 2. The van der Waals surface area contributed by atoms with Crippen molar-refractivity contribution in [2.75, 3.05) is 5.32 Å². The first-order chi connectivity index (χ1) is 14.4. The van der Waals surface area contributed by atoms with Gasteiger partial charge in [0.15, 0.2) is 0 Å². The molecule has 0 bridgehead atoms. The topological polar surface area (TPSA) is 119 Å². The smallest absolute Gasteiger partial charge is 0.269 e. The fourth-order valence-electron chi connectivity index (χ4n) is 2.80. The van der Waals surface area contributed by atoms with Crippen molar-refractivity contribution in [3.63, 3.8) is 0 Å². The van der Waals surface area contributed by atoms with Gasteiger partial charge in [-0.05, 0) is 48.7 Å². The number of nitrogens with one attached hydrogen (secondary N) is 3. The lowest BCUT2D eigenvalue weighted by atomic mass is 10.1. The highest BCUT2D eigenvalue weighted by molar-refractivity contribution is 7.18. The van der Waals surface area contributed by atoms with E-state index >= 15 is 0 Å². The molecule has 150 valence electrons. The summed E-state index contributed by atoms with van der Waals surface area (Å²) in [7, 11) is 0. The van der Waals surface area contributed by atoms with Crippen molar-refractivity contribution in [1.29, 1.82) is 5.26 Å². The highest BCUT2D eigenvalue weighted by Gasteiger charge is 2.25. The standard InChI is InChI=1S/C21H17N5O3S/c1-12(27)18(24-16-7-8-17(23-2)19-15(16)9-10-30-19)21(29)26-25-20(28)14-5-3-13(11-22)4-6-14/h3-10,12,18,24,27H,1H3,(H,25,28)(H,26,29)/t12-,18+/m0/s1. The van der Waals surface area contributed by atoms with Gasteiger partial charge in [-0.15, -0.1) is 0 Å². The number of rotatable bonds is 5. The molecule has 0 fully saturated rings. The number of anilines is 1. The number of hydrogen-bond acceptors (Lipinski definition) is 6. The maximum Gasteiger partial charge on any atom is 0.269 e. The molecular formula is C21H17N5O3S. The molecule has 30 heavy (non-hydrogen) atoms. The molecule has 0 unspecified atom stereocenters. The Balaban J connectivity index is 1.71. The molecule has 0 radical (unpaired) electrons. The minimum absolute atomic E-state index is 0.269. The van der Waals surface area contributed by atoms with Gasteiger partial charge in [-0.25, -0.2) is 4.85 Å². The maximum atomic E-state index is 12.6. The van der Waals surface area contributed by atoms with Gasteiger partial charge in [-0.2, -0.15) is 16.6 Å². The van der Waals surface area contributed by atoms with Gasteiger partial charge in [0.05, 0.1) is 24.3 Å². The van der Waals surface area contributed by atoms with Crippen molar-refractivity contribution in [2.45, 2.75) is 19.1 Å². The van der Waals surface area contributed by atoms with Crippen molar-refractivity contribution in [2.24, 2.45) is 0 Å². The van der Waals surface area contributed by atoms with E-state index in [4.69, 9.17) is 11.8 Å². The van der Waals surface area contributed by atoms with Crippen LogP contribution in [0.2, 0.25) is 0 Å². The van der Waals surface area contributed by atoms with E-state index in [2.05, 4.69) is 21.0 Å². The number of carbonyl (C=O) groups is 2. The van der Waals surface area contributed by atoms with Crippen molar-refractivity contribution < 1.29 is 14.7 Å². The first-order valence-electron chi connectivity index (χ1n) is 8.87. The Kier molecular flexibility index (Phi) is 6.28. The number of hydrogen-bond donors (Lipinski definition) is 4. The second-order valence-corrected chi connectivity index (χ2v) is 7.32. The molecule has 0 saturated heterocycles. The molecule has 0 saturated carbocycles. The summed E-state index contributed by atoms with van der Waals surface area (Å²) in [6, 6.07) is 12.0. The van der Waals surface area contributed by atoms with Gasteiger partial charge >= 0.3 is 0 Å². The predicted molar refractivity (Wildman–Crippen MR) is 114 cm³/mol. The van der Waals surface area contributed by atoms with Crippen molar-refractivity contribution in [3.05, 3.63) is 70.4 Å². The Morgan fingerprint density at radius 1 is 1.17 bits per heavy atom. The number of carbonyl (C=O) groups excluding carboxylic acids is 2. The molecule has 1 heterocycles. The number of nitriles is 1. The Bertz CT molecular complexity index is 1170. The summed E-state index contributed by atoms with van der Waals surface area (Å²) in [6.07, 6.45) is -1.06. The quantitative estimate of drug-likeness (QED) is 0.375. The zero-order valence-corrected chi connectivity index (χ0v) is 16.7. The minimum atomic E-state index is -1.06. The molecule has 0 aliphatic rings. The summed E-state index contributed by atoms with van der Waals surface area (Å²) in [4.78, 5) is 28.3. The molecule has 3 rings (SSSR count). The Morgan fingerprint density at radius 2 is 1.90 bits per heavy atom. The fraction of sp³-hybridized carbons (Fsp3) is 0.143. The molecule has 2 aromatic carbocycles.